The summed E-state index contributed by atoms with van der Waals surface area (Å²) in [6.07, 6.45) is 0.904. The van der Waals surface area contributed by atoms with Gasteiger partial charge in [0.2, 0.25) is 0 Å². The molecule has 0 saturated carbocycles. The van der Waals surface area contributed by atoms with E-state index in [-0.39, 0.29) is 23.3 Å². The van der Waals surface area contributed by atoms with Crippen molar-refractivity contribution in [1.82, 2.24) is 0 Å². The summed E-state index contributed by atoms with van der Waals surface area (Å²) < 4.78 is 50.4. The summed E-state index contributed by atoms with van der Waals surface area (Å²) in [6.45, 7) is 3.47. The molecular weight excluding hydrogens is 592 g/mol. The van der Waals surface area contributed by atoms with Crippen LogP contribution in [0.4, 0.5) is 13.2 Å². The Hall–Kier alpha value is -2.66. The summed E-state index contributed by atoms with van der Waals surface area (Å²) in [4.78, 5) is 11.1. The molecule has 1 unspecified atom stereocenters. The third kappa shape index (κ3) is 8.21. The van der Waals surface area contributed by atoms with Crippen LogP contribution in [0.25, 0.3) is 5.57 Å². The Bertz CT molecular complexity index is 1190. The summed E-state index contributed by atoms with van der Waals surface area (Å²) in [5.41, 5.74) is -1.10. The van der Waals surface area contributed by atoms with Crippen molar-refractivity contribution in [2.45, 2.75) is 30.4 Å². The highest BCUT2D eigenvalue weighted by Gasteiger charge is 2.29. The molecule has 9 heteroatoms. The van der Waals surface area contributed by atoms with Crippen LogP contribution in [0, 0.1) is 10.5 Å². The predicted octanol–water partition coefficient (Wildman–Crippen LogP) is 7.57. The first-order valence-corrected chi connectivity index (χ1v) is 12.4. The fourth-order valence-corrected chi connectivity index (χ4v) is 4.07. The number of benzene rings is 3. The van der Waals surface area contributed by atoms with Gasteiger partial charge in [-0.3, -0.25) is 0 Å². The van der Waals surface area contributed by atoms with Crippen LogP contribution in [0.15, 0.2) is 77.7 Å². The Morgan fingerprint density at radius 1 is 1.06 bits per heavy atom. The highest BCUT2D eigenvalue weighted by Crippen LogP contribution is 2.37. The van der Waals surface area contributed by atoms with Crippen molar-refractivity contribution in [2.75, 3.05) is 6.61 Å². The van der Waals surface area contributed by atoms with E-state index in [9.17, 15) is 18.0 Å². The van der Waals surface area contributed by atoms with Crippen molar-refractivity contribution in [3.05, 3.63) is 93.1 Å². The fraction of sp³-hybridized carbons (Fsp3) is 0.192. The van der Waals surface area contributed by atoms with Crippen LogP contribution >= 0.6 is 34.4 Å². The molecule has 0 aliphatic heterocycles. The first kappa shape index (κ1) is 26.9. The highest BCUT2D eigenvalue weighted by atomic mass is 127. The molecule has 0 amide bonds. The smallest absolute Gasteiger partial charge is 0.446 e. The summed E-state index contributed by atoms with van der Waals surface area (Å²) in [5, 5.41) is 9.02. The van der Waals surface area contributed by atoms with Gasteiger partial charge in [-0.05, 0) is 119 Å². The Kier molecular flexibility index (Phi) is 9.12. The molecule has 0 aliphatic rings. The Labute approximate surface area is 219 Å². The number of alkyl halides is 3. The van der Waals surface area contributed by atoms with Crippen molar-refractivity contribution in [2.24, 2.45) is 0 Å². The van der Waals surface area contributed by atoms with Gasteiger partial charge in [0.25, 0.3) is 0 Å². The van der Waals surface area contributed by atoms with Gasteiger partial charge in [0.1, 0.15) is 18.1 Å². The second-order valence-corrected chi connectivity index (χ2v) is 9.92. The van der Waals surface area contributed by atoms with Crippen LogP contribution < -0.4 is 9.47 Å². The van der Waals surface area contributed by atoms with Gasteiger partial charge in [0.15, 0.2) is 6.10 Å². The molecular formula is C26H22F3IO4S. The number of ether oxygens (including phenoxy) is 2. The Morgan fingerprint density at radius 3 is 2.20 bits per heavy atom. The SMILES string of the molecule is Cc1cc(OC/C=C(/c2ccc(I)cc2)c2ccc(SC(F)(F)F)cc2)ccc1OC(C)C(=O)O. The topological polar surface area (TPSA) is 55.8 Å². The number of hydrogen-bond acceptors (Lipinski definition) is 4. The number of thioether (sulfide) groups is 1. The normalized spacial score (nSPS) is 12.8. The molecule has 184 valence electrons. The van der Waals surface area contributed by atoms with E-state index in [2.05, 4.69) is 22.6 Å². The van der Waals surface area contributed by atoms with Crippen molar-refractivity contribution in [3.63, 3.8) is 0 Å². The van der Waals surface area contributed by atoms with Crippen LogP contribution in [0.2, 0.25) is 0 Å². The molecule has 0 bridgehead atoms. The molecule has 3 aromatic rings. The molecule has 4 nitrogen and oxygen atoms in total. The maximum atomic E-state index is 12.7. The molecule has 0 aromatic heterocycles. The quantitative estimate of drug-likeness (QED) is 0.199. The zero-order valence-corrected chi connectivity index (χ0v) is 21.8. The molecule has 0 saturated heterocycles. The minimum atomic E-state index is -4.34. The Balaban J connectivity index is 1.79. The third-order valence-electron chi connectivity index (χ3n) is 4.89. The minimum Gasteiger partial charge on any atom is -0.489 e. The van der Waals surface area contributed by atoms with Crippen LogP contribution in [0.1, 0.15) is 23.6 Å². The number of carboxylic acid groups (broad SMARTS) is 1. The number of rotatable bonds is 9. The molecule has 3 rings (SSSR count). The number of halogens is 4. The van der Waals surface area contributed by atoms with Crippen LogP contribution in [-0.4, -0.2) is 29.3 Å². The van der Waals surface area contributed by atoms with E-state index in [0.717, 1.165) is 25.8 Å². The van der Waals surface area contributed by atoms with E-state index in [4.69, 9.17) is 14.6 Å². The van der Waals surface area contributed by atoms with Gasteiger partial charge < -0.3 is 14.6 Å². The van der Waals surface area contributed by atoms with Crippen LogP contribution in [0.3, 0.4) is 0 Å². The van der Waals surface area contributed by atoms with Gasteiger partial charge >= 0.3 is 11.5 Å². The van der Waals surface area contributed by atoms with Gasteiger partial charge in [-0.15, -0.1) is 0 Å². The van der Waals surface area contributed by atoms with Gasteiger partial charge in [0, 0.05) is 8.47 Å². The maximum Gasteiger partial charge on any atom is 0.446 e. The van der Waals surface area contributed by atoms with Crippen molar-refractivity contribution >= 4 is 45.9 Å². The second-order valence-electron chi connectivity index (χ2n) is 7.53. The lowest BCUT2D eigenvalue weighted by molar-refractivity contribution is -0.144. The average molecular weight is 614 g/mol. The zero-order chi connectivity index (χ0) is 25.6. The first-order chi connectivity index (χ1) is 16.5. The van der Waals surface area contributed by atoms with Crippen molar-refractivity contribution < 1.29 is 32.5 Å². The van der Waals surface area contributed by atoms with E-state index in [1.165, 1.54) is 19.1 Å². The van der Waals surface area contributed by atoms with Crippen molar-refractivity contribution in [3.8, 4) is 11.5 Å². The maximum absolute atomic E-state index is 12.7. The molecule has 0 fully saturated rings. The third-order valence-corrected chi connectivity index (χ3v) is 6.35. The van der Waals surface area contributed by atoms with Crippen LogP contribution in [0.5, 0.6) is 11.5 Å². The largest absolute Gasteiger partial charge is 0.489 e. The van der Waals surface area contributed by atoms with Crippen LogP contribution in [-0.2, 0) is 4.79 Å². The molecule has 1 N–H and O–H groups in total. The molecule has 3 aromatic carbocycles. The number of carboxylic acids is 1. The highest BCUT2D eigenvalue weighted by molar-refractivity contribution is 14.1. The summed E-state index contributed by atoms with van der Waals surface area (Å²) in [6, 6.07) is 19.2. The summed E-state index contributed by atoms with van der Waals surface area (Å²) >= 11 is 2.06. The van der Waals surface area contributed by atoms with E-state index >= 15 is 0 Å². The van der Waals surface area contributed by atoms with E-state index < -0.39 is 17.6 Å². The number of carbonyl (C=O) groups is 1. The van der Waals surface area contributed by atoms with E-state index in [1.54, 1.807) is 37.3 Å². The molecule has 0 radical (unpaired) electrons. The monoisotopic (exact) mass is 614 g/mol. The number of aliphatic carboxylic acids is 1. The fourth-order valence-electron chi connectivity index (χ4n) is 3.17. The summed E-state index contributed by atoms with van der Waals surface area (Å²) in [5.74, 6) is -0.0184. The lowest BCUT2D eigenvalue weighted by Gasteiger charge is -2.14. The molecule has 35 heavy (non-hydrogen) atoms. The molecule has 0 aliphatic carbocycles. The number of aryl methyl sites for hydroxylation is 1. The zero-order valence-electron chi connectivity index (χ0n) is 18.8. The first-order valence-electron chi connectivity index (χ1n) is 10.5. The second kappa shape index (κ2) is 11.9. The minimum absolute atomic E-state index is 0.120. The van der Waals surface area contributed by atoms with Gasteiger partial charge in [-0.1, -0.05) is 24.3 Å². The lowest BCUT2D eigenvalue weighted by Crippen LogP contribution is -2.23. The Morgan fingerprint density at radius 2 is 1.66 bits per heavy atom. The molecule has 0 heterocycles. The molecule has 0 spiro atoms. The number of hydrogen-bond donors (Lipinski definition) is 1. The lowest BCUT2D eigenvalue weighted by atomic mass is 9.98. The standard InChI is InChI=1S/C26H22F3IO4S/c1-16-15-21(9-12-24(16)34-17(2)25(31)32)33-14-13-23(18-3-7-20(30)8-4-18)19-5-10-22(11-6-19)35-26(27,28)29/h3-13,15,17H,14H2,1-2H3,(H,31,32)/b23-13-. The predicted molar refractivity (Wildman–Crippen MR) is 139 cm³/mol. The van der Waals surface area contributed by atoms with Gasteiger partial charge in [-0.25, -0.2) is 4.79 Å². The molecule has 1 atom stereocenters. The van der Waals surface area contributed by atoms with Gasteiger partial charge in [0.05, 0.1) is 0 Å². The van der Waals surface area contributed by atoms with E-state index in [1.807, 2.05) is 30.3 Å². The van der Waals surface area contributed by atoms with Gasteiger partial charge in [-0.2, -0.15) is 13.2 Å². The van der Waals surface area contributed by atoms with E-state index in [0.29, 0.717) is 11.5 Å². The summed E-state index contributed by atoms with van der Waals surface area (Å²) in [7, 11) is 0. The average Bonchev–Trinajstić information content (AvgIpc) is 2.79. The van der Waals surface area contributed by atoms with Crippen molar-refractivity contribution in [1.29, 1.82) is 0 Å².